The number of quaternary nitrogens is 1. The second-order valence-electron chi connectivity index (χ2n) is 19.6. The van der Waals surface area contributed by atoms with Crippen molar-refractivity contribution in [3.63, 3.8) is 0 Å². The number of phosphoric acid groups is 1. The Labute approximate surface area is 391 Å². The van der Waals surface area contributed by atoms with Gasteiger partial charge in [-0.1, -0.05) is 230 Å². The molecule has 2 N–H and O–H groups in total. The quantitative estimate of drug-likeness (QED) is 0.0272. The second-order valence-corrected chi connectivity index (χ2v) is 21.0. The van der Waals surface area contributed by atoms with Gasteiger partial charge in [0.25, 0.3) is 7.82 Å². The summed E-state index contributed by atoms with van der Waals surface area (Å²) < 4.78 is 23.4. The number of aliphatic hydroxyl groups excluding tert-OH is 1. The van der Waals surface area contributed by atoms with E-state index in [1.54, 1.807) is 0 Å². The van der Waals surface area contributed by atoms with Crippen LogP contribution in [0.15, 0.2) is 36.5 Å². The summed E-state index contributed by atoms with van der Waals surface area (Å²) in [6.07, 6.45) is 57.3. The van der Waals surface area contributed by atoms with E-state index < -0.39 is 20.0 Å². The zero-order valence-electron chi connectivity index (χ0n) is 42.3. The predicted molar refractivity (Wildman–Crippen MR) is 270 cm³/mol. The summed E-state index contributed by atoms with van der Waals surface area (Å²) in [5, 5.41) is 14.0. The fourth-order valence-corrected chi connectivity index (χ4v) is 8.59. The maximum absolute atomic E-state index is 12.9. The minimum Gasteiger partial charge on any atom is -0.756 e. The molecule has 0 saturated carbocycles. The number of hydrogen-bond donors (Lipinski definition) is 2. The zero-order chi connectivity index (χ0) is 46.4. The van der Waals surface area contributed by atoms with E-state index >= 15 is 0 Å². The normalized spacial score (nSPS) is 14.3. The fraction of sp³-hybridized carbons (Fsp3) is 0.870. The summed E-state index contributed by atoms with van der Waals surface area (Å²) in [6, 6.07) is -0.808. The van der Waals surface area contributed by atoms with E-state index in [9.17, 15) is 19.4 Å². The van der Waals surface area contributed by atoms with E-state index in [0.717, 1.165) is 64.2 Å². The first-order valence-corrected chi connectivity index (χ1v) is 28.3. The lowest BCUT2D eigenvalue weighted by Crippen LogP contribution is -2.46. The monoisotopic (exact) mass is 909 g/mol. The van der Waals surface area contributed by atoms with Crippen LogP contribution in [0.3, 0.4) is 0 Å². The molecule has 0 aliphatic carbocycles. The molecule has 0 aromatic carbocycles. The lowest BCUT2D eigenvalue weighted by atomic mass is 10.0. The molecule has 0 saturated heterocycles. The Morgan fingerprint density at radius 2 is 0.921 bits per heavy atom. The van der Waals surface area contributed by atoms with Gasteiger partial charge in [-0.2, -0.15) is 0 Å². The van der Waals surface area contributed by atoms with Crippen LogP contribution in [-0.2, 0) is 18.4 Å². The largest absolute Gasteiger partial charge is 0.756 e. The average molecular weight is 909 g/mol. The van der Waals surface area contributed by atoms with Crippen LogP contribution in [0.4, 0.5) is 0 Å². The van der Waals surface area contributed by atoms with Gasteiger partial charge in [0.15, 0.2) is 0 Å². The van der Waals surface area contributed by atoms with E-state index in [-0.39, 0.29) is 19.1 Å². The zero-order valence-corrected chi connectivity index (χ0v) is 43.2. The van der Waals surface area contributed by atoms with Crippen molar-refractivity contribution in [1.29, 1.82) is 0 Å². The van der Waals surface area contributed by atoms with Crippen LogP contribution in [0.25, 0.3) is 0 Å². The molecule has 0 spiro atoms. The molecular formula is C54H105N2O6P. The summed E-state index contributed by atoms with van der Waals surface area (Å²) >= 11 is 0. The highest BCUT2D eigenvalue weighted by Crippen LogP contribution is 2.38. The van der Waals surface area contributed by atoms with Gasteiger partial charge in [0, 0.05) is 6.42 Å². The Hall–Kier alpha value is -1.28. The smallest absolute Gasteiger partial charge is 0.268 e. The molecule has 0 aromatic rings. The fourth-order valence-electron chi connectivity index (χ4n) is 7.87. The number of carbonyl (C=O) groups excluding carboxylic acids is 1. The number of carbonyl (C=O) groups is 1. The molecule has 3 unspecified atom stereocenters. The molecule has 0 heterocycles. The van der Waals surface area contributed by atoms with Gasteiger partial charge in [-0.05, 0) is 51.4 Å². The summed E-state index contributed by atoms with van der Waals surface area (Å²) in [6.45, 7) is 4.71. The Bertz CT molecular complexity index is 1120. The molecule has 0 aliphatic heterocycles. The molecule has 0 aliphatic rings. The van der Waals surface area contributed by atoms with E-state index in [0.29, 0.717) is 23.9 Å². The molecule has 0 fully saturated rings. The van der Waals surface area contributed by atoms with Gasteiger partial charge in [-0.15, -0.1) is 0 Å². The lowest BCUT2D eigenvalue weighted by molar-refractivity contribution is -0.870. The summed E-state index contributed by atoms with van der Waals surface area (Å²) in [7, 11) is 1.30. The van der Waals surface area contributed by atoms with Gasteiger partial charge < -0.3 is 28.8 Å². The van der Waals surface area contributed by atoms with Crippen molar-refractivity contribution in [2.24, 2.45) is 0 Å². The molecular weight excluding hydrogens is 804 g/mol. The topological polar surface area (TPSA) is 108 Å². The lowest BCUT2D eigenvalue weighted by Gasteiger charge is -2.30. The number of aliphatic hydroxyl groups is 1. The molecule has 8 nitrogen and oxygen atoms in total. The predicted octanol–water partition coefficient (Wildman–Crippen LogP) is 15.2. The number of nitrogens with one attached hydrogen (secondary N) is 1. The average Bonchev–Trinajstić information content (AvgIpc) is 3.24. The summed E-state index contributed by atoms with van der Waals surface area (Å²) in [5.74, 6) is -0.175. The van der Waals surface area contributed by atoms with Crippen molar-refractivity contribution in [2.75, 3.05) is 40.9 Å². The van der Waals surface area contributed by atoms with Crippen LogP contribution in [0.2, 0.25) is 0 Å². The minimum absolute atomic E-state index is 0.00913. The van der Waals surface area contributed by atoms with Gasteiger partial charge in [0.05, 0.1) is 39.9 Å². The summed E-state index contributed by atoms with van der Waals surface area (Å²) in [4.78, 5) is 25.5. The van der Waals surface area contributed by atoms with Gasteiger partial charge in [0.1, 0.15) is 13.2 Å². The number of likely N-dealkylation sites (N-methyl/N-ethyl adjacent to an activating group) is 1. The highest BCUT2D eigenvalue weighted by atomic mass is 31.2. The van der Waals surface area contributed by atoms with E-state index in [1.807, 2.05) is 21.1 Å². The minimum atomic E-state index is -4.57. The number of unbranched alkanes of at least 4 members (excludes halogenated alkanes) is 30. The van der Waals surface area contributed by atoms with Crippen molar-refractivity contribution < 1.29 is 32.9 Å². The van der Waals surface area contributed by atoms with E-state index in [2.05, 4.69) is 55.6 Å². The van der Waals surface area contributed by atoms with Gasteiger partial charge >= 0.3 is 0 Å². The SMILES string of the molecule is CCCCC/C=C\C/C=C\C/C=C\CCCCCCCCC(=O)NC(COP(=O)([O-])OCC[N+](C)(C)C)C(O)CCCCCCCCCCCCCCCCCCCCCCCC. The van der Waals surface area contributed by atoms with Crippen molar-refractivity contribution in [3.05, 3.63) is 36.5 Å². The molecule has 9 heteroatoms. The third kappa shape index (κ3) is 48.5. The van der Waals surface area contributed by atoms with Crippen LogP contribution in [0, 0.1) is 0 Å². The maximum Gasteiger partial charge on any atom is 0.268 e. The van der Waals surface area contributed by atoms with Gasteiger partial charge in [0.2, 0.25) is 5.91 Å². The maximum atomic E-state index is 12.9. The third-order valence-electron chi connectivity index (χ3n) is 12.1. The number of amides is 1. The van der Waals surface area contributed by atoms with E-state index in [4.69, 9.17) is 9.05 Å². The Morgan fingerprint density at radius 1 is 0.556 bits per heavy atom. The van der Waals surface area contributed by atoms with Crippen LogP contribution < -0.4 is 10.2 Å². The molecule has 0 radical (unpaired) electrons. The molecule has 1 amide bonds. The van der Waals surface area contributed by atoms with Crippen LogP contribution >= 0.6 is 7.82 Å². The number of nitrogens with zero attached hydrogens (tertiary/aromatic N) is 1. The molecule has 372 valence electrons. The van der Waals surface area contributed by atoms with Crippen molar-refractivity contribution >= 4 is 13.7 Å². The molecule has 63 heavy (non-hydrogen) atoms. The molecule has 0 aromatic heterocycles. The first kappa shape index (κ1) is 61.7. The van der Waals surface area contributed by atoms with Crippen molar-refractivity contribution in [2.45, 2.75) is 264 Å². The molecule has 0 rings (SSSR count). The first-order chi connectivity index (χ1) is 30.5. The third-order valence-corrected chi connectivity index (χ3v) is 13.1. The number of hydrogen-bond acceptors (Lipinski definition) is 6. The molecule has 3 atom stereocenters. The van der Waals surface area contributed by atoms with Crippen molar-refractivity contribution in [3.8, 4) is 0 Å². The van der Waals surface area contributed by atoms with Crippen LogP contribution in [0.5, 0.6) is 0 Å². The van der Waals surface area contributed by atoms with Crippen molar-refractivity contribution in [1.82, 2.24) is 5.32 Å². The number of allylic oxidation sites excluding steroid dienone is 6. The van der Waals surface area contributed by atoms with Crippen LogP contribution in [-0.4, -0.2) is 68.5 Å². The van der Waals surface area contributed by atoms with Gasteiger partial charge in [-0.25, -0.2) is 0 Å². The Kier molecular flexibility index (Phi) is 44.9. The molecule has 0 bridgehead atoms. The first-order valence-electron chi connectivity index (χ1n) is 26.8. The van der Waals surface area contributed by atoms with E-state index in [1.165, 1.54) is 161 Å². The standard InChI is InChI=1S/C54H105N2O6P/c1-6-8-10-12-14-16-18-20-22-24-26-27-28-30-31-33-35-37-39-41-43-45-47-53(57)52(51-62-63(59,60)61-50-49-56(3,4)5)55-54(58)48-46-44-42-40-38-36-34-32-29-25-23-21-19-17-15-13-11-9-7-2/h15,17,21,23,29,32,52-53,57H,6-14,16,18-20,22,24-28,30-31,33-51H2,1-5H3,(H-,55,58,59,60)/b17-15-,23-21-,32-29-. The number of rotatable bonds is 49. The van der Waals surface area contributed by atoms with Crippen LogP contribution in [0.1, 0.15) is 251 Å². The highest BCUT2D eigenvalue weighted by molar-refractivity contribution is 7.45. The Balaban J connectivity index is 4.25. The Morgan fingerprint density at radius 3 is 1.37 bits per heavy atom. The highest BCUT2D eigenvalue weighted by Gasteiger charge is 2.24. The van der Waals surface area contributed by atoms with Gasteiger partial charge in [-0.3, -0.25) is 9.36 Å². The number of phosphoric ester groups is 1. The summed E-state index contributed by atoms with van der Waals surface area (Å²) in [5.41, 5.74) is 0. The second kappa shape index (κ2) is 45.9.